The Kier molecular flexibility index (Phi) is 5.57. The summed E-state index contributed by atoms with van der Waals surface area (Å²) in [6.45, 7) is 4.27. The van der Waals surface area contributed by atoms with Crippen LogP contribution in [0.15, 0.2) is 34.2 Å². The number of morpholine rings is 1. The summed E-state index contributed by atoms with van der Waals surface area (Å²) >= 11 is 9.68. The summed E-state index contributed by atoms with van der Waals surface area (Å²) in [7, 11) is 0. The topological polar surface area (TPSA) is 38.2 Å². The van der Waals surface area contributed by atoms with E-state index in [2.05, 4.69) is 17.0 Å². The lowest BCUT2D eigenvalue weighted by atomic mass is 9.97. The molecule has 7 heteroatoms. The van der Waals surface area contributed by atoms with Gasteiger partial charge in [0.1, 0.15) is 15.7 Å². The molecule has 0 amide bonds. The Bertz CT molecular complexity index is 983. The molecule has 2 aromatic heterocycles. The normalized spacial score (nSPS) is 17.8. The van der Waals surface area contributed by atoms with E-state index in [0.717, 1.165) is 64.9 Å². The Hall–Kier alpha value is -1.18. The molecule has 1 saturated heterocycles. The van der Waals surface area contributed by atoms with Gasteiger partial charge in [-0.1, -0.05) is 23.4 Å². The molecule has 0 N–H and O–H groups in total. The van der Waals surface area contributed by atoms with Crippen LogP contribution in [0, 0.1) is 0 Å². The molecule has 1 aliphatic carbocycles. The van der Waals surface area contributed by atoms with Crippen molar-refractivity contribution in [1.82, 2.24) is 14.9 Å². The smallest absolute Gasteiger partial charge is 0.145 e. The Balaban J connectivity index is 1.55. The highest BCUT2D eigenvalue weighted by Gasteiger charge is 2.22. The molecule has 146 valence electrons. The van der Waals surface area contributed by atoms with Gasteiger partial charge in [0.05, 0.1) is 19.8 Å². The van der Waals surface area contributed by atoms with Crippen molar-refractivity contribution in [2.24, 2.45) is 0 Å². The lowest BCUT2D eigenvalue weighted by Gasteiger charge is -2.25. The average molecular weight is 432 g/mol. The first kappa shape index (κ1) is 18.8. The molecular weight excluding hydrogens is 410 g/mol. The van der Waals surface area contributed by atoms with Crippen LogP contribution in [0.25, 0.3) is 10.2 Å². The van der Waals surface area contributed by atoms with Crippen molar-refractivity contribution in [1.29, 1.82) is 0 Å². The van der Waals surface area contributed by atoms with E-state index in [-0.39, 0.29) is 0 Å². The van der Waals surface area contributed by atoms with Crippen LogP contribution in [-0.4, -0.2) is 41.2 Å². The van der Waals surface area contributed by atoms with Crippen LogP contribution in [0.5, 0.6) is 0 Å². The molecule has 28 heavy (non-hydrogen) atoms. The fourth-order valence-electron chi connectivity index (χ4n) is 3.88. The van der Waals surface area contributed by atoms with Gasteiger partial charge in [-0.05, 0) is 55.5 Å². The third kappa shape index (κ3) is 3.94. The van der Waals surface area contributed by atoms with Gasteiger partial charge in [0, 0.05) is 33.3 Å². The maximum atomic E-state index is 6.07. The zero-order valence-corrected chi connectivity index (χ0v) is 18.0. The van der Waals surface area contributed by atoms with Crippen molar-refractivity contribution in [3.8, 4) is 0 Å². The number of hydrogen-bond acceptors (Lipinski definition) is 6. The standard InChI is InChI=1S/C21H22ClN3OS2/c22-14-5-7-15(8-6-14)27-20-19-16-3-1-2-4-17(16)28-21(19)24-18(23-20)13-25-9-11-26-12-10-25/h5-8H,1-4,9-13H2. The second-order valence-corrected chi connectivity index (χ2v) is 9.86. The highest BCUT2D eigenvalue weighted by molar-refractivity contribution is 7.99. The second kappa shape index (κ2) is 8.28. The van der Waals surface area contributed by atoms with Crippen LogP contribution in [0.3, 0.4) is 0 Å². The van der Waals surface area contributed by atoms with Gasteiger partial charge in [-0.2, -0.15) is 0 Å². The molecule has 2 aliphatic rings. The van der Waals surface area contributed by atoms with Gasteiger partial charge < -0.3 is 4.74 Å². The van der Waals surface area contributed by atoms with Crippen LogP contribution in [0.4, 0.5) is 0 Å². The zero-order valence-electron chi connectivity index (χ0n) is 15.6. The number of fused-ring (bicyclic) bond motifs is 3. The number of ether oxygens (including phenoxy) is 1. The fourth-order valence-corrected chi connectivity index (χ4v) is 6.32. The lowest BCUT2D eigenvalue weighted by molar-refractivity contribution is 0.0330. The molecule has 0 saturated carbocycles. The van der Waals surface area contributed by atoms with Crippen molar-refractivity contribution in [3.63, 3.8) is 0 Å². The molecule has 0 spiro atoms. The van der Waals surface area contributed by atoms with E-state index in [1.165, 1.54) is 35.1 Å². The molecule has 1 fully saturated rings. The number of nitrogens with zero attached hydrogens (tertiary/aromatic N) is 3. The van der Waals surface area contributed by atoms with Crippen LogP contribution < -0.4 is 0 Å². The monoisotopic (exact) mass is 431 g/mol. The van der Waals surface area contributed by atoms with E-state index in [0.29, 0.717) is 0 Å². The third-order valence-corrected chi connectivity index (χ3v) is 7.76. The molecule has 3 heterocycles. The van der Waals surface area contributed by atoms with Gasteiger partial charge in [-0.3, -0.25) is 4.90 Å². The minimum Gasteiger partial charge on any atom is -0.379 e. The van der Waals surface area contributed by atoms with E-state index in [1.807, 2.05) is 23.5 Å². The van der Waals surface area contributed by atoms with Gasteiger partial charge in [0.2, 0.25) is 0 Å². The molecule has 0 radical (unpaired) electrons. The van der Waals surface area contributed by atoms with Gasteiger partial charge in [-0.25, -0.2) is 9.97 Å². The summed E-state index contributed by atoms with van der Waals surface area (Å²) in [6.07, 6.45) is 4.88. The molecule has 3 aromatic rings. The molecule has 0 unspecified atom stereocenters. The summed E-state index contributed by atoms with van der Waals surface area (Å²) in [5, 5.41) is 3.14. The maximum absolute atomic E-state index is 6.07. The van der Waals surface area contributed by atoms with Gasteiger partial charge in [-0.15, -0.1) is 11.3 Å². The largest absolute Gasteiger partial charge is 0.379 e. The quantitative estimate of drug-likeness (QED) is 0.530. The van der Waals surface area contributed by atoms with Gasteiger partial charge >= 0.3 is 0 Å². The van der Waals surface area contributed by atoms with E-state index >= 15 is 0 Å². The van der Waals surface area contributed by atoms with Gasteiger partial charge in [0.25, 0.3) is 0 Å². The molecule has 4 nitrogen and oxygen atoms in total. The summed E-state index contributed by atoms with van der Waals surface area (Å²) in [5.41, 5.74) is 1.49. The molecule has 5 rings (SSSR count). The molecule has 0 atom stereocenters. The first-order valence-corrected chi connectivity index (χ1v) is 11.8. The fraction of sp³-hybridized carbons (Fsp3) is 0.429. The summed E-state index contributed by atoms with van der Waals surface area (Å²) in [5.74, 6) is 0.921. The molecule has 0 bridgehead atoms. The van der Waals surface area contributed by atoms with Gasteiger partial charge in [0.15, 0.2) is 0 Å². The number of hydrogen-bond donors (Lipinski definition) is 0. The van der Waals surface area contributed by atoms with Crippen LogP contribution >= 0.6 is 34.7 Å². The minimum absolute atomic E-state index is 0.762. The molecular formula is C21H22ClN3OS2. The van der Waals surface area contributed by atoms with Crippen LogP contribution in [-0.2, 0) is 24.1 Å². The number of thiophene rings is 1. The van der Waals surface area contributed by atoms with Crippen LogP contribution in [0.2, 0.25) is 5.02 Å². The third-order valence-electron chi connectivity index (χ3n) is 5.32. The highest BCUT2D eigenvalue weighted by atomic mass is 35.5. The highest BCUT2D eigenvalue weighted by Crippen LogP contribution is 2.41. The van der Waals surface area contributed by atoms with Crippen LogP contribution in [0.1, 0.15) is 29.1 Å². The van der Waals surface area contributed by atoms with Crippen molar-refractivity contribution < 1.29 is 4.74 Å². The SMILES string of the molecule is Clc1ccc(Sc2nc(CN3CCOCC3)nc3sc4c(c23)CCCC4)cc1. The van der Waals surface area contributed by atoms with E-state index in [1.54, 1.807) is 11.8 Å². The average Bonchev–Trinajstić information content (AvgIpc) is 3.09. The summed E-state index contributed by atoms with van der Waals surface area (Å²) in [6, 6.07) is 8.03. The number of benzene rings is 1. The predicted molar refractivity (Wildman–Crippen MR) is 116 cm³/mol. The van der Waals surface area contributed by atoms with E-state index in [4.69, 9.17) is 26.3 Å². The maximum Gasteiger partial charge on any atom is 0.145 e. The zero-order chi connectivity index (χ0) is 18.9. The van der Waals surface area contributed by atoms with E-state index in [9.17, 15) is 0 Å². The number of halogens is 1. The molecule has 1 aromatic carbocycles. The first-order valence-electron chi connectivity index (χ1n) is 9.81. The van der Waals surface area contributed by atoms with Crippen molar-refractivity contribution in [3.05, 3.63) is 45.6 Å². The second-order valence-electron chi connectivity index (χ2n) is 7.28. The Morgan fingerprint density at radius 3 is 2.68 bits per heavy atom. The predicted octanol–water partition coefficient (Wildman–Crippen LogP) is 5.21. The Morgan fingerprint density at radius 1 is 1.07 bits per heavy atom. The summed E-state index contributed by atoms with van der Waals surface area (Å²) < 4.78 is 5.48. The number of aryl methyl sites for hydroxylation is 2. The number of rotatable bonds is 4. The Labute approximate surface area is 178 Å². The van der Waals surface area contributed by atoms with Crippen molar-refractivity contribution >= 4 is 44.9 Å². The van der Waals surface area contributed by atoms with E-state index < -0.39 is 0 Å². The molecule has 1 aliphatic heterocycles. The number of aromatic nitrogens is 2. The van der Waals surface area contributed by atoms with Crippen molar-refractivity contribution in [2.45, 2.75) is 42.1 Å². The van der Waals surface area contributed by atoms with Crippen molar-refractivity contribution in [2.75, 3.05) is 26.3 Å². The minimum atomic E-state index is 0.762. The Morgan fingerprint density at radius 2 is 1.86 bits per heavy atom. The lowest BCUT2D eigenvalue weighted by Crippen LogP contribution is -2.36. The first-order chi connectivity index (χ1) is 13.8. The summed E-state index contributed by atoms with van der Waals surface area (Å²) in [4.78, 5) is 16.2.